The number of phenolic OH excluding ortho intramolecular Hbond substituents is 1. The van der Waals surface area contributed by atoms with Crippen LogP contribution in [0.1, 0.15) is 31.4 Å². The van der Waals surface area contributed by atoms with E-state index in [-0.39, 0.29) is 24.5 Å². The second-order valence-electron chi connectivity index (χ2n) is 9.70. The third-order valence-corrected chi connectivity index (χ3v) is 6.89. The summed E-state index contributed by atoms with van der Waals surface area (Å²) in [5.41, 5.74) is -2.76. The molecule has 0 radical (unpaired) electrons. The van der Waals surface area contributed by atoms with Crippen LogP contribution in [0.2, 0.25) is 0 Å². The summed E-state index contributed by atoms with van der Waals surface area (Å²) in [6.07, 6.45) is -3.31. The van der Waals surface area contributed by atoms with Gasteiger partial charge in [-0.2, -0.15) is 13.2 Å². The maximum Gasteiger partial charge on any atom is 0.430 e. The Morgan fingerprint density at radius 2 is 1.69 bits per heavy atom. The van der Waals surface area contributed by atoms with Gasteiger partial charge in [0, 0.05) is 19.1 Å². The predicted octanol–water partition coefficient (Wildman–Crippen LogP) is 3.70. The molecule has 0 saturated carbocycles. The molecule has 1 aliphatic carbocycles. The van der Waals surface area contributed by atoms with Crippen LogP contribution in [0.25, 0.3) is 0 Å². The Labute approximate surface area is 223 Å². The number of carboxylic acids is 1. The van der Waals surface area contributed by atoms with Gasteiger partial charge < -0.3 is 25.6 Å². The van der Waals surface area contributed by atoms with E-state index < -0.39 is 53.1 Å². The molecule has 2 aromatic rings. The lowest BCUT2D eigenvalue weighted by atomic mass is 9.78. The summed E-state index contributed by atoms with van der Waals surface area (Å²) in [6.45, 7) is 3.41. The van der Waals surface area contributed by atoms with E-state index in [0.29, 0.717) is 11.1 Å². The Kier molecular flexibility index (Phi) is 9.06. The molecule has 0 spiro atoms. The lowest BCUT2D eigenvalue weighted by Crippen LogP contribution is -2.60. The van der Waals surface area contributed by atoms with Crippen LogP contribution in [0.3, 0.4) is 0 Å². The van der Waals surface area contributed by atoms with E-state index in [4.69, 9.17) is 4.74 Å². The van der Waals surface area contributed by atoms with Gasteiger partial charge >= 0.3 is 12.1 Å². The van der Waals surface area contributed by atoms with Crippen LogP contribution in [-0.2, 0) is 31.1 Å². The standard InChI is InChI=1S/C28H31F3N2O6/c1-16-13-17(2)23(33-26(38)27(39-3,28(29,30)31)19-7-5-4-6-8-19)21(14-16)24(35)32-22(25(36)37)15-18-9-11-20(34)12-10-18/h4-13,16,21-23,34H,14-15H2,1-3H3,(H,32,35)(H,33,38)(H,36,37)/t16-,21-,22-,23+,27-/m0/s1. The van der Waals surface area contributed by atoms with Gasteiger partial charge in [0.25, 0.3) is 11.5 Å². The van der Waals surface area contributed by atoms with Crippen LogP contribution >= 0.6 is 0 Å². The number of benzene rings is 2. The van der Waals surface area contributed by atoms with Crippen LogP contribution < -0.4 is 10.6 Å². The minimum Gasteiger partial charge on any atom is -0.508 e. The number of amides is 2. The molecule has 39 heavy (non-hydrogen) atoms. The molecule has 2 aromatic carbocycles. The molecule has 0 heterocycles. The van der Waals surface area contributed by atoms with Crippen LogP contribution in [0.5, 0.6) is 5.75 Å². The molecule has 4 N–H and O–H groups in total. The molecule has 2 amide bonds. The van der Waals surface area contributed by atoms with Crippen molar-refractivity contribution in [3.8, 4) is 5.75 Å². The minimum atomic E-state index is -5.14. The van der Waals surface area contributed by atoms with E-state index in [9.17, 15) is 37.8 Å². The topological polar surface area (TPSA) is 125 Å². The molecular formula is C28H31F3N2O6. The summed E-state index contributed by atoms with van der Waals surface area (Å²) in [5, 5.41) is 24.0. The van der Waals surface area contributed by atoms with Crippen molar-refractivity contribution in [1.82, 2.24) is 10.6 Å². The van der Waals surface area contributed by atoms with Crippen molar-refractivity contribution in [1.29, 1.82) is 0 Å². The van der Waals surface area contributed by atoms with Gasteiger partial charge in [-0.3, -0.25) is 9.59 Å². The third-order valence-electron chi connectivity index (χ3n) is 6.89. The zero-order valence-corrected chi connectivity index (χ0v) is 21.7. The van der Waals surface area contributed by atoms with Crippen molar-refractivity contribution < 1.29 is 42.5 Å². The van der Waals surface area contributed by atoms with Crippen molar-refractivity contribution >= 4 is 17.8 Å². The zero-order chi connectivity index (χ0) is 29.0. The summed E-state index contributed by atoms with van der Waals surface area (Å²) in [4.78, 5) is 38.7. The van der Waals surface area contributed by atoms with E-state index in [1.165, 1.54) is 42.5 Å². The van der Waals surface area contributed by atoms with Crippen molar-refractivity contribution in [3.63, 3.8) is 0 Å². The number of methoxy groups -OCH3 is 1. The average Bonchev–Trinajstić information content (AvgIpc) is 2.86. The first kappa shape index (κ1) is 29.7. The fourth-order valence-corrected chi connectivity index (χ4v) is 4.96. The first-order chi connectivity index (χ1) is 18.3. The summed E-state index contributed by atoms with van der Waals surface area (Å²) in [7, 11) is 0.788. The van der Waals surface area contributed by atoms with Crippen molar-refractivity contribution in [2.45, 2.75) is 50.6 Å². The fourth-order valence-electron chi connectivity index (χ4n) is 4.96. The monoisotopic (exact) mass is 548 g/mol. The summed E-state index contributed by atoms with van der Waals surface area (Å²) in [5.74, 6) is -4.73. The number of rotatable bonds is 9. The number of phenols is 1. The number of allylic oxidation sites excluding steroid dienone is 1. The molecule has 210 valence electrons. The molecule has 0 aliphatic heterocycles. The maximum atomic E-state index is 14.4. The van der Waals surface area contributed by atoms with Crippen molar-refractivity contribution in [2.24, 2.45) is 11.8 Å². The maximum absolute atomic E-state index is 14.4. The summed E-state index contributed by atoms with van der Waals surface area (Å²) >= 11 is 0. The highest BCUT2D eigenvalue weighted by molar-refractivity contribution is 5.90. The quantitative estimate of drug-likeness (QED) is 0.354. The van der Waals surface area contributed by atoms with Crippen LogP contribution in [0.15, 0.2) is 66.2 Å². The smallest absolute Gasteiger partial charge is 0.430 e. The number of nitrogens with one attached hydrogen (secondary N) is 2. The van der Waals surface area contributed by atoms with Gasteiger partial charge in [-0.25, -0.2) is 4.79 Å². The van der Waals surface area contributed by atoms with E-state index in [0.717, 1.165) is 19.2 Å². The summed E-state index contributed by atoms with van der Waals surface area (Å²) in [6, 6.07) is 9.78. The molecule has 8 nitrogen and oxygen atoms in total. The Bertz CT molecular complexity index is 1220. The molecule has 1 aliphatic rings. The van der Waals surface area contributed by atoms with Gasteiger partial charge in [-0.05, 0) is 37.0 Å². The van der Waals surface area contributed by atoms with Crippen LogP contribution in [0, 0.1) is 11.8 Å². The molecule has 5 atom stereocenters. The van der Waals surface area contributed by atoms with Gasteiger partial charge in [0.1, 0.15) is 11.8 Å². The molecular weight excluding hydrogens is 517 g/mol. The van der Waals surface area contributed by atoms with Crippen molar-refractivity contribution in [3.05, 3.63) is 77.4 Å². The number of carbonyl (C=O) groups is 3. The minimum absolute atomic E-state index is 0.00630. The molecule has 11 heteroatoms. The number of carbonyl (C=O) groups excluding carboxylic acids is 2. The number of carboxylic acid groups (broad SMARTS) is 1. The fraction of sp³-hybridized carbons (Fsp3) is 0.393. The number of aliphatic carboxylic acids is 1. The van der Waals surface area contributed by atoms with Crippen molar-refractivity contribution in [2.75, 3.05) is 7.11 Å². The number of hydrogen-bond donors (Lipinski definition) is 4. The Balaban J connectivity index is 1.90. The second kappa shape index (κ2) is 11.9. The number of alkyl halides is 3. The van der Waals surface area contributed by atoms with Gasteiger partial charge in [-0.15, -0.1) is 0 Å². The van der Waals surface area contributed by atoms with E-state index >= 15 is 0 Å². The number of hydrogen-bond acceptors (Lipinski definition) is 5. The lowest BCUT2D eigenvalue weighted by Gasteiger charge is -2.38. The number of ether oxygens (including phenoxy) is 1. The number of halogens is 3. The second-order valence-corrected chi connectivity index (χ2v) is 9.70. The highest BCUT2D eigenvalue weighted by Gasteiger charge is 2.63. The highest BCUT2D eigenvalue weighted by atomic mass is 19.4. The van der Waals surface area contributed by atoms with Crippen LogP contribution in [0.4, 0.5) is 13.2 Å². The average molecular weight is 549 g/mol. The van der Waals surface area contributed by atoms with E-state index in [2.05, 4.69) is 10.6 Å². The molecule has 0 fully saturated rings. The van der Waals surface area contributed by atoms with Gasteiger partial charge in [0.15, 0.2) is 0 Å². The van der Waals surface area contributed by atoms with Gasteiger partial charge in [0.2, 0.25) is 5.91 Å². The molecule has 0 saturated heterocycles. The first-order valence-corrected chi connectivity index (χ1v) is 12.3. The first-order valence-electron chi connectivity index (χ1n) is 12.3. The Hall–Kier alpha value is -3.86. The predicted molar refractivity (Wildman–Crippen MR) is 136 cm³/mol. The van der Waals surface area contributed by atoms with Crippen LogP contribution in [-0.4, -0.2) is 53.4 Å². The normalized spacial score (nSPS) is 21.7. The van der Waals surface area contributed by atoms with E-state index in [1.807, 2.05) is 6.92 Å². The molecule has 0 aromatic heterocycles. The lowest BCUT2D eigenvalue weighted by molar-refractivity contribution is -0.266. The Morgan fingerprint density at radius 1 is 1.08 bits per heavy atom. The Morgan fingerprint density at radius 3 is 2.23 bits per heavy atom. The summed E-state index contributed by atoms with van der Waals surface area (Å²) < 4.78 is 48.1. The largest absolute Gasteiger partial charge is 0.508 e. The van der Waals surface area contributed by atoms with Gasteiger partial charge in [-0.1, -0.05) is 61.0 Å². The number of aromatic hydroxyl groups is 1. The van der Waals surface area contributed by atoms with Gasteiger partial charge in [0.05, 0.1) is 12.0 Å². The van der Waals surface area contributed by atoms with E-state index in [1.54, 1.807) is 13.0 Å². The zero-order valence-electron chi connectivity index (χ0n) is 21.7. The molecule has 0 unspecified atom stereocenters. The highest BCUT2D eigenvalue weighted by Crippen LogP contribution is 2.43. The molecule has 3 rings (SSSR count). The third kappa shape index (κ3) is 6.42. The SMILES string of the molecule is CO[C@](C(=O)N[C@@H]1C(C)=C[C@H](C)C[C@@H]1C(=O)N[C@@H](Cc1ccc(O)cc1)C(=O)O)(c1ccccc1)C(F)(F)F. The molecule has 0 bridgehead atoms.